The first-order chi connectivity index (χ1) is 13.4. The Morgan fingerprint density at radius 3 is 2.54 bits per heavy atom. The first kappa shape index (κ1) is 19.0. The van der Waals surface area contributed by atoms with Gasteiger partial charge in [-0.3, -0.25) is 4.79 Å². The first-order valence-electron chi connectivity index (χ1n) is 8.01. The van der Waals surface area contributed by atoms with Crippen LogP contribution in [0.4, 0.5) is 10.8 Å². The molecule has 0 aliphatic heterocycles. The van der Waals surface area contributed by atoms with Gasteiger partial charge in [0, 0.05) is 10.6 Å². The molecule has 0 aliphatic rings. The van der Waals surface area contributed by atoms with E-state index < -0.39 is 10.0 Å². The van der Waals surface area contributed by atoms with Crippen LogP contribution in [0, 0.1) is 0 Å². The highest BCUT2D eigenvalue weighted by atomic mass is 32.2. The number of hydrogen-bond acceptors (Lipinski definition) is 8. The van der Waals surface area contributed by atoms with E-state index in [4.69, 9.17) is 5.14 Å². The van der Waals surface area contributed by atoms with Crippen molar-refractivity contribution in [3.63, 3.8) is 0 Å². The Bertz CT molecular complexity index is 1210. The molecule has 0 spiro atoms. The van der Waals surface area contributed by atoms with Crippen LogP contribution in [-0.4, -0.2) is 19.3 Å². The van der Waals surface area contributed by atoms with Crippen molar-refractivity contribution in [2.45, 2.75) is 10.8 Å². The van der Waals surface area contributed by atoms with Crippen molar-refractivity contribution in [1.82, 2.24) is 10.3 Å². The van der Waals surface area contributed by atoms with Crippen molar-refractivity contribution < 1.29 is 13.2 Å². The molecule has 0 aliphatic carbocycles. The number of aromatic nitrogens is 1. The number of fused-ring (bicyclic) bond motifs is 1. The number of nitrogens with one attached hydrogen (secondary N) is 2. The van der Waals surface area contributed by atoms with Crippen LogP contribution < -0.4 is 15.8 Å². The average Bonchev–Trinajstić information content (AvgIpc) is 3.34. The van der Waals surface area contributed by atoms with Gasteiger partial charge < -0.3 is 10.6 Å². The maximum atomic E-state index is 12.4. The number of rotatable bonds is 6. The lowest BCUT2D eigenvalue weighted by atomic mass is 10.3. The number of anilines is 2. The van der Waals surface area contributed by atoms with E-state index in [2.05, 4.69) is 15.6 Å². The standard InChI is InChI=1S/C17H14N4O3S4/c18-28(23,24)14-7-6-11(25-14)9-19-15(22)12-8-13-16(26-12)21-17(27-13)20-10-4-2-1-3-5-10/h1-8H,9H2,(H,19,22)(H,20,21)(H2,18,23,24). The number of primary sulfonamides is 1. The molecule has 0 unspecified atom stereocenters. The third kappa shape index (κ3) is 4.23. The normalized spacial score (nSPS) is 11.6. The number of thiophene rings is 2. The summed E-state index contributed by atoms with van der Waals surface area (Å²) in [6.45, 7) is 0.235. The molecule has 3 aromatic heterocycles. The third-order valence-electron chi connectivity index (χ3n) is 3.68. The van der Waals surface area contributed by atoms with Crippen LogP contribution in [-0.2, 0) is 16.6 Å². The number of carbonyl (C=O) groups is 1. The number of nitrogens with zero attached hydrogens (tertiary/aromatic N) is 1. The zero-order valence-corrected chi connectivity index (χ0v) is 17.5. The smallest absolute Gasteiger partial charge is 0.261 e. The molecule has 0 fully saturated rings. The van der Waals surface area contributed by atoms with Crippen LogP contribution in [0.1, 0.15) is 14.5 Å². The summed E-state index contributed by atoms with van der Waals surface area (Å²) in [5, 5.41) is 11.9. The van der Waals surface area contributed by atoms with Gasteiger partial charge in [-0.2, -0.15) is 0 Å². The molecule has 0 saturated heterocycles. The van der Waals surface area contributed by atoms with Gasteiger partial charge in [0.25, 0.3) is 5.91 Å². The molecule has 4 rings (SSSR count). The fraction of sp³-hybridized carbons (Fsp3) is 0.0588. The Balaban J connectivity index is 1.42. The third-order valence-corrected chi connectivity index (χ3v) is 8.28. The number of thiazole rings is 1. The number of carbonyl (C=O) groups excluding carboxylic acids is 1. The van der Waals surface area contributed by atoms with Gasteiger partial charge in [-0.1, -0.05) is 29.5 Å². The van der Waals surface area contributed by atoms with E-state index in [9.17, 15) is 13.2 Å². The molecule has 11 heteroatoms. The Morgan fingerprint density at radius 1 is 1.07 bits per heavy atom. The number of benzene rings is 1. The zero-order valence-electron chi connectivity index (χ0n) is 14.2. The van der Waals surface area contributed by atoms with Gasteiger partial charge in [0.05, 0.1) is 16.1 Å². The van der Waals surface area contributed by atoms with Crippen LogP contribution >= 0.6 is 34.0 Å². The lowest BCUT2D eigenvalue weighted by molar-refractivity contribution is 0.0955. The number of para-hydroxylation sites is 1. The average molecular weight is 451 g/mol. The molecule has 7 nitrogen and oxygen atoms in total. The maximum absolute atomic E-state index is 12.4. The molecular formula is C17H14N4O3S4. The van der Waals surface area contributed by atoms with E-state index in [1.165, 1.54) is 28.7 Å². The molecule has 4 aromatic rings. The number of hydrogen-bond donors (Lipinski definition) is 3. The van der Waals surface area contributed by atoms with E-state index in [0.717, 1.165) is 31.7 Å². The quantitative estimate of drug-likeness (QED) is 0.414. The summed E-state index contributed by atoms with van der Waals surface area (Å²) in [5.41, 5.74) is 0.955. The molecule has 0 saturated carbocycles. The second-order valence-electron chi connectivity index (χ2n) is 5.74. The largest absolute Gasteiger partial charge is 0.346 e. The van der Waals surface area contributed by atoms with Crippen molar-refractivity contribution in [2.75, 3.05) is 5.32 Å². The minimum Gasteiger partial charge on any atom is -0.346 e. The number of nitrogens with two attached hydrogens (primary N) is 1. The SMILES string of the molecule is NS(=O)(=O)c1ccc(CNC(=O)c2cc3sc(Nc4ccccc4)nc3s2)s1. The van der Waals surface area contributed by atoms with Gasteiger partial charge >= 0.3 is 0 Å². The Morgan fingerprint density at radius 2 is 1.86 bits per heavy atom. The fourth-order valence-corrected chi connectivity index (χ4v) is 6.18. The van der Waals surface area contributed by atoms with Crippen LogP contribution in [0.2, 0.25) is 0 Å². The molecule has 1 amide bonds. The summed E-state index contributed by atoms with van der Waals surface area (Å²) in [6.07, 6.45) is 0. The first-order valence-corrected chi connectivity index (χ1v) is 12.0. The van der Waals surface area contributed by atoms with Crippen molar-refractivity contribution in [3.05, 3.63) is 58.3 Å². The fourth-order valence-electron chi connectivity index (χ4n) is 2.41. The topological polar surface area (TPSA) is 114 Å². The van der Waals surface area contributed by atoms with Crippen molar-refractivity contribution in [3.8, 4) is 0 Å². The van der Waals surface area contributed by atoms with Crippen LogP contribution in [0.3, 0.4) is 0 Å². The van der Waals surface area contributed by atoms with Gasteiger partial charge in [-0.15, -0.1) is 22.7 Å². The van der Waals surface area contributed by atoms with Gasteiger partial charge in [0.15, 0.2) is 5.13 Å². The molecule has 3 heterocycles. The molecule has 0 radical (unpaired) electrons. The van der Waals surface area contributed by atoms with E-state index in [1.807, 2.05) is 36.4 Å². The molecular weight excluding hydrogens is 436 g/mol. The van der Waals surface area contributed by atoms with Crippen molar-refractivity contribution in [2.24, 2.45) is 5.14 Å². The molecule has 0 atom stereocenters. The van der Waals surface area contributed by atoms with Gasteiger partial charge in [-0.25, -0.2) is 18.5 Å². The summed E-state index contributed by atoms with van der Waals surface area (Å²) >= 11 is 3.84. The van der Waals surface area contributed by atoms with Crippen molar-refractivity contribution in [1.29, 1.82) is 0 Å². The predicted molar refractivity (Wildman–Crippen MR) is 114 cm³/mol. The second-order valence-corrected chi connectivity index (χ2v) is 10.8. The van der Waals surface area contributed by atoms with Gasteiger partial charge in [-0.05, 0) is 30.3 Å². The highest BCUT2D eigenvalue weighted by molar-refractivity contribution is 7.91. The Hall–Kier alpha value is -2.31. The summed E-state index contributed by atoms with van der Waals surface area (Å²) in [5.74, 6) is -0.224. The maximum Gasteiger partial charge on any atom is 0.261 e. The van der Waals surface area contributed by atoms with E-state index in [0.29, 0.717) is 9.75 Å². The minimum atomic E-state index is -3.71. The molecule has 28 heavy (non-hydrogen) atoms. The molecule has 4 N–H and O–H groups in total. The van der Waals surface area contributed by atoms with E-state index in [-0.39, 0.29) is 16.7 Å². The minimum absolute atomic E-state index is 0.0797. The lowest BCUT2D eigenvalue weighted by Gasteiger charge is -2.01. The highest BCUT2D eigenvalue weighted by Crippen LogP contribution is 2.34. The summed E-state index contributed by atoms with van der Waals surface area (Å²) in [7, 11) is -3.71. The van der Waals surface area contributed by atoms with E-state index >= 15 is 0 Å². The Labute approximate surface area is 172 Å². The van der Waals surface area contributed by atoms with Crippen LogP contribution in [0.25, 0.3) is 9.53 Å². The zero-order chi connectivity index (χ0) is 19.7. The number of sulfonamides is 1. The second kappa shape index (κ2) is 7.60. The molecule has 1 aromatic carbocycles. The summed E-state index contributed by atoms with van der Waals surface area (Å²) in [6, 6.07) is 14.6. The molecule has 144 valence electrons. The Kier molecular flexibility index (Phi) is 5.17. The number of amides is 1. The van der Waals surface area contributed by atoms with E-state index in [1.54, 1.807) is 6.07 Å². The lowest BCUT2D eigenvalue weighted by Crippen LogP contribution is -2.21. The summed E-state index contributed by atoms with van der Waals surface area (Å²) < 4.78 is 23.6. The van der Waals surface area contributed by atoms with Crippen LogP contribution in [0.15, 0.2) is 52.7 Å². The predicted octanol–water partition coefficient (Wildman–Crippen LogP) is 3.74. The monoisotopic (exact) mass is 450 g/mol. The summed E-state index contributed by atoms with van der Waals surface area (Å²) in [4.78, 5) is 19.0. The van der Waals surface area contributed by atoms with Crippen LogP contribution in [0.5, 0.6) is 0 Å². The van der Waals surface area contributed by atoms with Gasteiger partial charge in [0.2, 0.25) is 10.0 Å². The molecule has 0 bridgehead atoms. The van der Waals surface area contributed by atoms with Gasteiger partial charge in [0.1, 0.15) is 9.04 Å². The highest BCUT2D eigenvalue weighted by Gasteiger charge is 2.15. The van der Waals surface area contributed by atoms with Crippen molar-refractivity contribution >= 4 is 70.3 Å².